The van der Waals surface area contributed by atoms with Crippen molar-refractivity contribution in [2.45, 2.75) is 12.6 Å². The number of piperazine rings is 1. The lowest BCUT2D eigenvalue weighted by Crippen LogP contribution is -2.46. The van der Waals surface area contributed by atoms with Gasteiger partial charge in [-0.15, -0.1) is 0 Å². The summed E-state index contributed by atoms with van der Waals surface area (Å²) in [4.78, 5) is 9.17. The highest BCUT2D eigenvalue weighted by atomic mass is 79.9. The first-order valence-corrected chi connectivity index (χ1v) is 8.99. The van der Waals surface area contributed by atoms with Gasteiger partial charge in [-0.2, -0.15) is 0 Å². The van der Waals surface area contributed by atoms with Crippen LogP contribution in [0.1, 0.15) is 17.2 Å². The summed E-state index contributed by atoms with van der Waals surface area (Å²) < 4.78 is 2.13. The van der Waals surface area contributed by atoms with Gasteiger partial charge in [0.05, 0.1) is 0 Å². The van der Waals surface area contributed by atoms with E-state index in [9.17, 15) is 0 Å². The number of benzene rings is 1. The minimum absolute atomic E-state index is 0.423. The molecule has 1 aromatic carbocycles. The molecule has 1 saturated heterocycles. The van der Waals surface area contributed by atoms with E-state index in [0.717, 1.165) is 35.1 Å². The Bertz CT molecular complexity index is 613. The van der Waals surface area contributed by atoms with Gasteiger partial charge in [0.25, 0.3) is 0 Å². The molecule has 0 saturated carbocycles. The van der Waals surface area contributed by atoms with Crippen LogP contribution in [0, 0.1) is 0 Å². The average Bonchev–Trinajstić information content (AvgIpc) is 2.53. The van der Waals surface area contributed by atoms with E-state index in [4.69, 9.17) is 0 Å². The Balaban J connectivity index is 1.87. The summed E-state index contributed by atoms with van der Waals surface area (Å²) in [5, 5.41) is 0. The molecule has 5 heteroatoms. The Labute approximate surface area is 148 Å². The van der Waals surface area contributed by atoms with Gasteiger partial charge in [0.2, 0.25) is 0 Å². The predicted octanol–water partition coefficient (Wildman–Crippen LogP) is 4.10. The van der Waals surface area contributed by atoms with Crippen molar-refractivity contribution in [2.24, 2.45) is 0 Å². The number of pyridine rings is 1. The van der Waals surface area contributed by atoms with Crippen molar-refractivity contribution in [1.82, 2.24) is 14.8 Å². The van der Waals surface area contributed by atoms with Crippen LogP contribution in [-0.2, 0) is 6.54 Å². The highest BCUT2D eigenvalue weighted by Crippen LogP contribution is 2.31. The largest absolute Gasteiger partial charge is 0.303 e. The molecule has 22 heavy (non-hydrogen) atoms. The zero-order chi connectivity index (χ0) is 15.5. The standard InChI is InChI=1S/C17H19Br2N3/c1-21-7-8-22(11-14-15(18)9-20-10-16(14)19)17(12-21)13-5-3-2-4-6-13/h2-6,9-10,17H,7-8,11-12H2,1H3. The van der Waals surface area contributed by atoms with E-state index in [0.29, 0.717) is 6.04 Å². The van der Waals surface area contributed by atoms with Crippen LogP contribution in [-0.4, -0.2) is 41.5 Å². The molecule has 2 heterocycles. The molecule has 116 valence electrons. The fourth-order valence-electron chi connectivity index (χ4n) is 2.93. The topological polar surface area (TPSA) is 19.4 Å². The minimum Gasteiger partial charge on any atom is -0.303 e. The van der Waals surface area contributed by atoms with Gasteiger partial charge in [0.15, 0.2) is 0 Å². The highest BCUT2D eigenvalue weighted by Gasteiger charge is 2.27. The van der Waals surface area contributed by atoms with Crippen LogP contribution in [0.25, 0.3) is 0 Å². The molecule has 0 aliphatic carbocycles. The van der Waals surface area contributed by atoms with Crippen LogP contribution in [0.4, 0.5) is 0 Å². The Morgan fingerprint density at radius 3 is 2.45 bits per heavy atom. The number of aromatic nitrogens is 1. The SMILES string of the molecule is CN1CCN(Cc2c(Br)cncc2Br)C(c2ccccc2)C1. The van der Waals surface area contributed by atoms with Crippen LogP contribution in [0.15, 0.2) is 51.7 Å². The van der Waals surface area contributed by atoms with Crippen molar-refractivity contribution < 1.29 is 0 Å². The van der Waals surface area contributed by atoms with Crippen LogP contribution >= 0.6 is 31.9 Å². The molecule has 1 aromatic heterocycles. The summed E-state index contributed by atoms with van der Waals surface area (Å²) >= 11 is 7.26. The van der Waals surface area contributed by atoms with Crippen molar-refractivity contribution in [3.63, 3.8) is 0 Å². The molecule has 0 N–H and O–H groups in total. The lowest BCUT2D eigenvalue weighted by molar-refractivity contribution is 0.0830. The maximum atomic E-state index is 4.21. The van der Waals surface area contributed by atoms with Crippen LogP contribution < -0.4 is 0 Å². The quantitative estimate of drug-likeness (QED) is 0.739. The minimum atomic E-state index is 0.423. The smallest absolute Gasteiger partial charge is 0.0479 e. The second-order valence-corrected chi connectivity index (χ2v) is 7.45. The van der Waals surface area contributed by atoms with E-state index in [2.05, 4.69) is 84.0 Å². The molecule has 1 aliphatic heterocycles. The molecule has 0 amide bonds. The van der Waals surface area contributed by atoms with E-state index < -0.39 is 0 Å². The summed E-state index contributed by atoms with van der Waals surface area (Å²) in [6.07, 6.45) is 3.74. The van der Waals surface area contributed by atoms with Gasteiger partial charge >= 0.3 is 0 Å². The third-order valence-electron chi connectivity index (χ3n) is 4.19. The molecule has 0 spiro atoms. The monoisotopic (exact) mass is 423 g/mol. The van der Waals surface area contributed by atoms with Crippen molar-refractivity contribution >= 4 is 31.9 Å². The molecule has 1 unspecified atom stereocenters. The molecule has 2 aromatic rings. The Kier molecular flexibility index (Phi) is 5.29. The number of hydrogen-bond acceptors (Lipinski definition) is 3. The van der Waals surface area contributed by atoms with E-state index in [1.54, 1.807) is 0 Å². The van der Waals surface area contributed by atoms with Gasteiger partial charge in [-0.25, -0.2) is 0 Å². The van der Waals surface area contributed by atoms with Crippen LogP contribution in [0.3, 0.4) is 0 Å². The summed E-state index contributed by atoms with van der Waals surface area (Å²) in [6.45, 7) is 4.14. The average molecular weight is 425 g/mol. The van der Waals surface area contributed by atoms with E-state index >= 15 is 0 Å². The van der Waals surface area contributed by atoms with Crippen molar-refractivity contribution in [1.29, 1.82) is 0 Å². The number of hydrogen-bond donors (Lipinski definition) is 0. The molecule has 1 aliphatic rings. The van der Waals surface area contributed by atoms with Crippen molar-refractivity contribution in [2.75, 3.05) is 26.7 Å². The molecule has 0 bridgehead atoms. The zero-order valence-corrected chi connectivity index (χ0v) is 15.7. The van der Waals surface area contributed by atoms with Crippen molar-refractivity contribution in [3.05, 3.63) is 62.8 Å². The molecule has 1 atom stereocenters. The molecule has 0 radical (unpaired) electrons. The van der Waals surface area contributed by atoms with Gasteiger partial charge in [0, 0.05) is 53.6 Å². The molecular formula is C17H19Br2N3. The molecule has 1 fully saturated rings. The summed E-state index contributed by atoms with van der Waals surface area (Å²) in [5.74, 6) is 0. The summed E-state index contributed by atoms with van der Waals surface area (Å²) in [5.41, 5.74) is 2.65. The maximum Gasteiger partial charge on any atom is 0.0479 e. The van der Waals surface area contributed by atoms with Gasteiger partial charge in [-0.1, -0.05) is 30.3 Å². The molecule has 3 nitrogen and oxygen atoms in total. The fourth-order valence-corrected chi connectivity index (χ4v) is 4.11. The second-order valence-electron chi connectivity index (χ2n) is 5.74. The van der Waals surface area contributed by atoms with E-state index in [1.807, 2.05) is 12.4 Å². The van der Waals surface area contributed by atoms with Gasteiger partial charge in [0.1, 0.15) is 0 Å². The first-order valence-electron chi connectivity index (χ1n) is 7.40. The third kappa shape index (κ3) is 3.59. The lowest BCUT2D eigenvalue weighted by Gasteiger charge is -2.40. The summed E-state index contributed by atoms with van der Waals surface area (Å²) in [6, 6.07) is 11.2. The van der Waals surface area contributed by atoms with E-state index in [1.165, 1.54) is 11.1 Å². The maximum absolute atomic E-state index is 4.21. The number of rotatable bonds is 3. The number of likely N-dealkylation sites (N-methyl/N-ethyl adjacent to an activating group) is 1. The third-order valence-corrected chi connectivity index (χ3v) is 5.56. The van der Waals surface area contributed by atoms with Crippen LogP contribution in [0.2, 0.25) is 0 Å². The lowest BCUT2D eigenvalue weighted by atomic mass is 10.0. The zero-order valence-electron chi connectivity index (χ0n) is 12.5. The normalized spacial score (nSPS) is 20.2. The van der Waals surface area contributed by atoms with Crippen molar-refractivity contribution in [3.8, 4) is 0 Å². The van der Waals surface area contributed by atoms with Crippen LogP contribution in [0.5, 0.6) is 0 Å². The van der Waals surface area contributed by atoms with Gasteiger partial charge in [-0.3, -0.25) is 9.88 Å². The molecule has 3 rings (SSSR count). The Morgan fingerprint density at radius 1 is 1.09 bits per heavy atom. The van der Waals surface area contributed by atoms with Gasteiger partial charge < -0.3 is 4.90 Å². The highest BCUT2D eigenvalue weighted by molar-refractivity contribution is 9.11. The Morgan fingerprint density at radius 2 is 1.77 bits per heavy atom. The first-order chi connectivity index (χ1) is 10.6. The predicted molar refractivity (Wildman–Crippen MR) is 96.7 cm³/mol. The Hall–Kier alpha value is -0.750. The number of nitrogens with zero attached hydrogens (tertiary/aromatic N) is 3. The molecular weight excluding hydrogens is 406 g/mol. The van der Waals surface area contributed by atoms with Gasteiger partial charge in [-0.05, 0) is 50.0 Å². The second kappa shape index (κ2) is 7.21. The first kappa shape index (κ1) is 16.1. The summed E-state index contributed by atoms with van der Waals surface area (Å²) in [7, 11) is 2.20. The number of halogens is 2. The van der Waals surface area contributed by atoms with E-state index in [-0.39, 0.29) is 0 Å². The fraction of sp³-hybridized carbons (Fsp3) is 0.353.